The third kappa shape index (κ3) is 4.45. The highest BCUT2D eigenvalue weighted by atomic mass is 32.2. The number of rotatable bonds is 5. The summed E-state index contributed by atoms with van der Waals surface area (Å²) in [6.07, 6.45) is 5.79. The van der Waals surface area contributed by atoms with E-state index in [0.29, 0.717) is 11.3 Å². The van der Waals surface area contributed by atoms with Gasteiger partial charge in [-0.3, -0.25) is 9.48 Å². The lowest BCUT2D eigenvalue weighted by molar-refractivity contribution is -0.120. The first kappa shape index (κ1) is 22.2. The van der Waals surface area contributed by atoms with Crippen LogP contribution in [0.2, 0.25) is 0 Å². The van der Waals surface area contributed by atoms with E-state index < -0.39 is 28.2 Å². The molecule has 1 aliphatic carbocycles. The molecular formula is C22H24FN5O3S2. The molecule has 174 valence electrons. The molecule has 11 heteroatoms. The van der Waals surface area contributed by atoms with Gasteiger partial charge in [0.2, 0.25) is 5.91 Å². The van der Waals surface area contributed by atoms with E-state index >= 15 is 0 Å². The number of thiophene rings is 1. The maximum atomic E-state index is 14.1. The predicted octanol–water partition coefficient (Wildman–Crippen LogP) is 3.38. The van der Waals surface area contributed by atoms with Gasteiger partial charge in [0.15, 0.2) is 0 Å². The Balaban J connectivity index is 1.37. The van der Waals surface area contributed by atoms with Crippen molar-refractivity contribution in [2.24, 2.45) is 7.05 Å². The molecule has 1 aromatic carbocycles. The Morgan fingerprint density at radius 3 is 2.73 bits per heavy atom. The van der Waals surface area contributed by atoms with Crippen LogP contribution in [0.1, 0.15) is 41.7 Å². The van der Waals surface area contributed by atoms with Crippen LogP contribution in [0.4, 0.5) is 10.1 Å². The Morgan fingerprint density at radius 1 is 1.24 bits per heavy atom. The lowest BCUT2D eigenvalue weighted by atomic mass is 10.0. The first-order chi connectivity index (χ1) is 15.7. The highest BCUT2D eigenvalue weighted by Gasteiger charge is 2.41. The standard InChI is InChI=1S/C22H24FN5O3S2/c1-27-12-14(11-24-27)20-7-8-21(32-20)18-10-19(28(2)33(30,31)26-18)22(29)25-15-5-6-17(23)16(9-15)13-3-4-13/h5-9,11-13,18-19,26H,3-4,10H2,1-2H3,(H,25,29). The number of aromatic nitrogens is 2. The third-order valence-corrected chi connectivity index (χ3v) is 8.95. The molecule has 2 unspecified atom stereocenters. The number of likely N-dealkylation sites (N-methyl/N-ethyl adjacent to an activating group) is 1. The number of hydrogen-bond acceptors (Lipinski definition) is 5. The lowest BCUT2D eigenvalue weighted by Gasteiger charge is -2.35. The van der Waals surface area contributed by atoms with Crippen LogP contribution in [0.15, 0.2) is 42.7 Å². The summed E-state index contributed by atoms with van der Waals surface area (Å²) < 4.78 is 45.1. The predicted molar refractivity (Wildman–Crippen MR) is 124 cm³/mol. The molecule has 0 spiro atoms. The maximum absolute atomic E-state index is 14.1. The van der Waals surface area contributed by atoms with Gasteiger partial charge in [0.05, 0.1) is 12.2 Å². The molecule has 1 aliphatic heterocycles. The SMILES string of the molecule is CN1C(C(=O)Nc2ccc(F)c(C3CC3)c2)CC(c2ccc(-c3cnn(C)c3)s2)NS1(=O)=O. The number of carbonyl (C=O) groups excluding carboxylic acids is 1. The fraction of sp³-hybridized carbons (Fsp3) is 0.364. The largest absolute Gasteiger partial charge is 0.325 e. The summed E-state index contributed by atoms with van der Waals surface area (Å²) in [5.41, 5.74) is 2.01. The second kappa shape index (κ2) is 8.32. The van der Waals surface area contributed by atoms with Gasteiger partial charge >= 0.3 is 0 Å². The number of anilines is 1. The molecule has 2 atom stereocenters. The summed E-state index contributed by atoms with van der Waals surface area (Å²) in [5.74, 6) is -0.523. The second-order valence-electron chi connectivity index (χ2n) is 8.55. The second-order valence-corrected chi connectivity index (χ2v) is 11.4. The average molecular weight is 490 g/mol. The number of halogens is 1. The molecule has 3 aromatic rings. The van der Waals surface area contributed by atoms with Gasteiger partial charge in [-0.1, -0.05) is 0 Å². The molecular weight excluding hydrogens is 465 g/mol. The smallest absolute Gasteiger partial charge is 0.280 e. The quantitative estimate of drug-likeness (QED) is 0.574. The van der Waals surface area contributed by atoms with Crippen molar-refractivity contribution in [3.8, 4) is 10.4 Å². The first-order valence-corrected chi connectivity index (χ1v) is 12.9. The Morgan fingerprint density at radius 2 is 2.03 bits per heavy atom. The summed E-state index contributed by atoms with van der Waals surface area (Å²) in [7, 11) is -0.640. The monoisotopic (exact) mass is 489 g/mol. The van der Waals surface area contributed by atoms with Crippen LogP contribution >= 0.6 is 11.3 Å². The van der Waals surface area contributed by atoms with E-state index in [2.05, 4.69) is 15.1 Å². The Hall–Kier alpha value is -2.60. The van der Waals surface area contributed by atoms with E-state index in [-0.39, 0.29) is 18.2 Å². The molecule has 1 saturated heterocycles. The van der Waals surface area contributed by atoms with Gasteiger partial charge in [-0.25, -0.2) is 4.39 Å². The normalized spacial score (nSPS) is 22.9. The molecule has 3 heterocycles. The zero-order chi connectivity index (χ0) is 23.3. The van der Waals surface area contributed by atoms with Crippen molar-refractivity contribution in [3.63, 3.8) is 0 Å². The molecule has 2 aliphatic rings. The zero-order valence-electron chi connectivity index (χ0n) is 18.2. The van der Waals surface area contributed by atoms with E-state index in [9.17, 15) is 17.6 Å². The summed E-state index contributed by atoms with van der Waals surface area (Å²) in [4.78, 5) is 14.9. The number of carbonyl (C=O) groups is 1. The van der Waals surface area contributed by atoms with Crippen molar-refractivity contribution in [3.05, 3.63) is 59.0 Å². The van der Waals surface area contributed by atoms with Crippen LogP contribution in [-0.4, -0.2) is 41.5 Å². The molecule has 2 aromatic heterocycles. The van der Waals surface area contributed by atoms with Gasteiger partial charge < -0.3 is 5.32 Å². The first-order valence-electron chi connectivity index (χ1n) is 10.7. The van der Waals surface area contributed by atoms with E-state index in [1.54, 1.807) is 16.9 Å². The summed E-state index contributed by atoms with van der Waals surface area (Å²) in [6.45, 7) is 0. The van der Waals surface area contributed by atoms with Crippen molar-refractivity contribution >= 4 is 33.1 Å². The topological polar surface area (TPSA) is 96.3 Å². The molecule has 33 heavy (non-hydrogen) atoms. The Bertz CT molecular complexity index is 1320. The van der Waals surface area contributed by atoms with Crippen LogP contribution in [-0.2, 0) is 22.1 Å². The molecule has 2 N–H and O–H groups in total. The van der Waals surface area contributed by atoms with E-state index in [4.69, 9.17) is 0 Å². The van der Waals surface area contributed by atoms with Crippen molar-refractivity contribution in [1.82, 2.24) is 18.8 Å². The molecule has 5 rings (SSSR count). The van der Waals surface area contributed by atoms with Gasteiger partial charge in [-0.15, -0.1) is 11.3 Å². The highest BCUT2D eigenvalue weighted by Crippen LogP contribution is 2.42. The third-order valence-electron chi connectivity index (χ3n) is 6.11. The van der Waals surface area contributed by atoms with E-state index in [1.807, 2.05) is 25.4 Å². The number of hydrogen-bond donors (Lipinski definition) is 2. The van der Waals surface area contributed by atoms with Gasteiger partial charge in [0.1, 0.15) is 11.9 Å². The number of nitrogens with zero attached hydrogens (tertiary/aromatic N) is 3. The summed E-state index contributed by atoms with van der Waals surface area (Å²) >= 11 is 1.47. The fourth-order valence-corrected chi connectivity index (χ4v) is 6.48. The minimum Gasteiger partial charge on any atom is -0.325 e. The van der Waals surface area contributed by atoms with E-state index in [1.165, 1.54) is 30.5 Å². The average Bonchev–Trinajstić information content (AvgIpc) is 3.32. The number of amides is 1. The van der Waals surface area contributed by atoms with Crippen LogP contribution in [0.3, 0.4) is 0 Å². The molecule has 0 radical (unpaired) electrons. The van der Waals surface area contributed by atoms with Crippen molar-refractivity contribution in [2.45, 2.75) is 37.3 Å². The fourth-order valence-electron chi connectivity index (χ4n) is 4.09. The molecule has 1 amide bonds. The zero-order valence-corrected chi connectivity index (χ0v) is 19.8. The van der Waals surface area contributed by atoms with Gasteiger partial charge in [-0.2, -0.15) is 22.5 Å². The Kier molecular flexibility index (Phi) is 5.60. The van der Waals surface area contributed by atoms with Gasteiger partial charge in [0, 0.05) is 41.3 Å². The minimum absolute atomic E-state index is 0.195. The summed E-state index contributed by atoms with van der Waals surface area (Å²) in [6, 6.07) is 6.87. The van der Waals surface area contributed by atoms with Crippen LogP contribution < -0.4 is 10.0 Å². The van der Waals surface area contributed by atoms with Crippen molar-refractivity contribution in [1.29, 1.82) is 0 Å². The minimum atomic E-state index is -3.86. The maximum Gasteiger partial charge on any atom is 0.280 e. The van der Waals surface area contributed by atoms with Crippen LogP contribution in [0.25, 0.3) is 10.4 Å². The number of benzene rings is 1. The van der Waals surface area contributed by atoms with E-state index in [0.717, 1.165) is 32.5 Å². The van der Waals surface area contributed by atoms with Crippen molar-refractivity contribution < 1.29 is 17.6 Å². The highest BCUT2D eigenvalue weighted by molar-refractivity contribution is 7.87. The molecule has 2 fully saturated rings. The molecule has 8 nitrogen and oxygen atoms in total. The molecule has 0 bridgehead atoms. The van der Waals surface area contributed by atoms with Crippen molar-refractivity contribution in [2.75, 3.05) is 12.4 Å². The van der Waals surface area contributed by atoms with Crippen LogP contribution in [0.5, 0.6) is 0 Å². The number of nitrogens with one attached hydrogen (secondary N) is 2. The van der Waals surface area contributed by atoms with Gasteiger partial charge in [-0.05, 0) is 61.1 Å². The molecule has 1 saturated carbocycles. The summed E-state index contributed by atoms with van der Waals surface area (Å²) in [5, 5.41) is 6.97. The van der Waals surface area contributed by atoms with Crippen LogP contribution in [0, 0.1) is 5.82 Å². The lowest BCUT2D eigenvalue weighted by Crippen LogP contribution is -2.55. The Labute approximate surface area is 195 Å². The van der Waals surface area contributed by atoms with Gasteiger partial charge in [0.25, 0.3) is 10.2 Å². The number of aryl methyl sites for hydroxylation is 1.